The molecule has 5 nitrogen and oxygen atoms in total. The van der Waals surface area contributed by atoms with Crippen molar-refractivity contribution in [3.63, 3.8) is 0 Å². The van der Waals surface area contributed by atoms with Crippen molar-refractivity contribution >= 4 is 22.6 Å². The highest BCUT2D eigenvalue weighted by Gasteiger charge is 2.26. The van der Waals surface area contributed by atoms with Gasteiger partial charge in [0.1, 0.15) is 11.8 Å². The van der Waals surface area contributed by atoms with Crippen molar-refractivity contribution < 1.29 is 19.1 Å². The lowest BCUT2D eigenvalue weighted by atomic mass is 9.93. The first-order valence-corrected chi connectivity index (χ1v) is 11.7. The van der Waals surface area contributed by atoms with Gasteiger partial charge in [-0.05, 0) is 52.8 Å². The van der Waals surface area contributed by atoms with Gasteiger partial charge in [0.25, 0.3) is 0 Å². The maximum atomic E-state index is 13.2. The van der Waals surface area contributed by atoms with Crippen molar-refractivity contribution in [2.75, 3.05) is 13.7 Å². The summed E-state index contributed by atoms with van der Waals surface area (Å²) in [5.41, 5.74) is 1.91. The van der Waals surface area contributed by atoms with E-state index in [0.29, 0.717) is 13.0 Å². The Morgan fingerprint density at radius 1 is 0.941 bits per heavy atom. The largest absolute Gasteiger partial charge is 0.497 e. The minimum Gasteiger partial charge on any atom is -0.497 e. The van der Waals surface area contributed by atoms with Crippen LogP contribution in [0.5, 0.6) is 5.75 Å². The number of esters is 1. The lowest BCUT2D eigenvalue weighted by molar-refractivity contribution is -0.148. The Morgan fingerprint density at radius 3 is 2.29 bits per heavy atom. The van der Waals surface area contributed by atoms with Crippen LogP contribution in [-0.2, 0) is 20.7 Å². The van der Waals surface area contributed by atoms with E-state index >= 15 is 0 Å². The van der Waals surface area contributed by atoms with Gasteiger partial charge in [0, 0.05) is 6.42 Å². The lowest BCUT2D eigenvalue weighted by Gasteiger charge is -2.22. The molecule has 0 saturated heterocycles. The van der Waals surface area contributed by atoms with Crippen molar-refractivity contribution in [3.05, 3.63) is 77.9 Å². The van der Waals surface area contributed by atoms with Gasteiger partial charge in [-0.2, -0.15) is 0 Å². The molecular weight excluding hydrogens is 426 g/mol. The fourth-order valence-electron chi connectivity index (χ4n) is 3.69. The Morgan fingerprint density at radius 2 is 1.62 bits per heavy atom. The second-order valence-corrected chi connectivity index (χ2v) is 9.92. The maximum Gasteiger partial charge on any atom is 0.328 e. The van der Waals surface area contributed by atoms with Gasteiger partial charge in [-0.25, -0.2) is 4.79 Å². The Bertz CT molecular complexity index is 1120. The molecule has 180 valence electrons. The standard InChI is InChI=1S/C29H35NO4/c1-20(22-11-12-24-19-25(33-5)14-13-23(24)18-22)27(31)30-26(17-21-9-7-6-8-10-21)28(32)34-16-15-29(2,3)4/h6-14,18-20,26H,15-17H2,1-5H3,(H,30,31)/t20-,26?/m0/s1. The minimum absolute atomic E-state index is 0.0626. The summed E-state index contributed by atoms with van der Waals surface area (Å²) in [4.78, 5) is 26.1. The van der Waals surface area contributed by atoms with Crippen LogP contribution in [0.2, 0.25) is 0 Å². The second kappa shape index (κ2) is 11.2. The molecule has 0 heterocycles. The molecule has 3 aromatic carbocycles. The number of hydrogen-bond acceptors (Lipinski definition) is 4. The van der Waals surface area contributed by atoms with Gasteiger partial charge < -0.3 is 14.8 Å². The summed E-state index contributed by atoms with van der Waals surface area (Å²) in [5, 5.41) is 5.01. The number of carbonyl (C=O) groups is 2. The predicted octanol–water partition coefficient (Wildman–Crippen LogP) is 5.66. The molecule has 1 unspecified atom stereocenters. The van der Waals surface area contributed by atoms with E-state index in [4.69, 9.17) is 9.47 Å². The Labute approximate surface area is 202 Å². The van der Waals surface area contributed by atoms with Gasteiger partial charge in [0.2, 0.25) is 5.91 Å². The van der Waals surface area contributed by atoms with Crippen LogP contribution in [0.1, 0.15) is 51.2 Å². The van der Waals surface area contributed by atoms with Crippen molar-refractivity contribution in [1.29, 1.82) is 0 Å². The summed E-state index contributed by atoms with van der Waals surface area (Å²) in [6.07, 6.45) is 1.13. The van der Waals surface area contributed by atoms with E-state index in [9.17, 15) is 9.59 Å². The molecule has 3 aromatic rings. The number of carbonyl (C=O) groups excluding carboxylic acids is 2. The van der Waals surface area contributed by atoms with Crippen molar-refractivity contribution in [1.82, 2.24) is 5.32 Å². The zero-order chi connectivity index (χ0) is 24.7. The number of nitrogens with one attached hydrogen (secondary N) is 1. The van der Waals surface area contributed by atoms with Crippen molar-refractivity contribution in [3.8, 4) is 5.75 Å². The van der Waals surface area contributed by atoms with Crippen LogP contribution in [0.15, 0.2) is 66.7 Å². The molecular formula is C29H35NO4. The average Bonchev–Trinajstić information content (AvgIpc) is 2.82. The summed E-state index contributed by atoms with van der Waals surface area (Å²) in [6.45, 7) is 8.49. The van der Waals surface area contributed by atoms with Crippen LogP contribution < -0.4 is 10.1 Å². The van der Waals surface area contributed by atoms with Crippen LogP contribution in [0, 0.1) is 5.41 Å². The molecule has 2 atom stereocenters. The molecule has 3 rings (SSSR count). The van der Waals surface area contributed by atoms with Crippen LogP contribution in [0.25, 0.3) is 10.8 Å². The number of fused-ring (bicyclic) bond motifs is 1. The summed E-state index contributed by atoms with van der Waals surface area (Å²) in [6, 6.07) is 20.7. The first-order chi connectivity index (χ1) is 16.2. The molecule has 0 saturated carbocycles. The number of rotatable bonds is 9. The quantitative estimate of drug-likeness (QED) is 0.418. The lowest BCUT2D eigenvalue weighted by Crippen LogP contribution is -2.45. The SMILES string of the molecule is COc1ccc2cc([C@H](C)C(=O)NC(Cc3ccccc3)C(=O)OCCC(C)(C)C)ccc2c1. The highest BCUT2D eigenvalue weighted by molar-refractivity contribution is 5.90. The number of hydrogen-bond donors (Lipinski definition) is 1. The molecule has 0 aliphatic carbocycles. The maximum absolute atomic E-state index is 13.2. The summed E-state index contributed by atoms with van der Waals surface area (Å²) in [5.74, 6) is -0.243. The average molecular weight is 462 g/mol. The molecule has 0 fully saturated rings. The van der Waals surface area contributed by atoms with E-state index in [1.807, 2.05) is 73.7 Å². The number of ether oxygens (including phenoxy) is 2. The first kappa shape index (κ1) is 25.3. The Kier molecular flexibility index (Phi) is 8.32. The zero-order valence-electron chi connectivity index (χ0n) is 20.8. The van der Waals surface area contributed by atoms with E-state index in [0.717, 1.165) is 34.1 Å². The van der Waals surface area contributed by atoms with Gasteiger partial charge in [-0.3, -0.25) is 4.79 Å². The molecule has 0 aliphatic rings. The normalized spacial score (nSPS) is 13.2. The predicted molar refractivity (Wildman–Crippen MR) is 136 cm³/mol. The highest BCUT2D eigenvalue weighted by Crippen LogP contribution is 2.25. The number of benzene rings is 3. The van der Waals surface area contributed by atoms with E-state index in [2.05, 4.69) is 26.1 Å². The molecule has 0 spiro atoms. The van der Waals surface area contributed by atoms with Crippen LogP contribution >= 0.6 is 0 Å². The highest BCUT2D eigenvalue weighted by atomic mass is 16.5. The van der Waals surface area contributed by atoms with Gasteiger partial charge in [-0.15, -0.1) is 0 Å². The third-order valence-corrected chi connectivity index (χ3v) is 5.94. The fourth-order valence-corrected chi connectivity index (χ4v) is 3.69. The molecule has 0 aliphatic heterocycles. The third-order valence-electron chi connectivity index (χ3n) is 5.94. The van der Waals surface area contributed by atoms with Gasteiger partial charge in [-0.1, -0.05) is 75.4 Å². The van der Waals surface area contributed by atoms with Crippen LogP contribution in [-0.4, -0.2) is 31.6 Å². The van der Waals surface area contributed by atoms with E-state index < -0.39 is 17.9 Å². The topological polar surface area (TPSA) is 64.6 Å². The van der Waals surface area contributed by atoms with Crippen molar-refractivity contribution in [2.24, 2.45) is 5.41 Å². The molecule has 0 radical (unpaired) electrons. The molecule has 0 aromatic heterocycles. The van der Waals surface area contributed by atoms with Crippen LogP contribution in [0.3, 0.4) is 0 Å². The van der Waals surface area contributed by atoms with Gasteiger partial charge >= 0.3 is 5.97 Å². The van der Waals surface area contributed by atoms with E-state index in [1.54, 1.807) is 7.11 Å². The smallest absolute Gasteiger partial charge is 0.328 e. The van der Waals surface area contributed by atoms with Crippen LogP contribution in [0.4, 0.5) is 0 Å². The number of amides is 1. The summed E-state index contributed by atoms with van der Waals surface area (Å²) >= 11 is 0. The fraction of sp³-hybridized carbons (Fsp3) is 0.379. The van der Waals surface area contributed by atoms with E-state index in [-0.39, 0.29) is 11.3 Å². The first-order valence-electron chi connectivity index (χ1n) is 11.7. The monoisotopic (exact) mass is 461 g/mol. The minimum atomic E-state index is -0.748. The Hall–Kier alpha value is -3.34. The Balaban J connectivity index is 1.73. The molecule has 1 N–H and O–H groups in total. The summed E-state index contributed by atoms with van der Waals surface area (Å²) in [7, 11) is 1.64. The number of methoxy groups -OCH3 is 1. The summed E-state index contributed by atoms with van der Waals surface area (Å²) < 4.78 is 10.8. The molecule has 34 heavy (non-hydrogen) atoms. The van der Waals surface area contributed by atoms with Gasteiger partial charge in [0.05, 0.1) is 19.6 Å². The molecule has 1 amide bonds. The molecule has 5 heteroatoms. The van der Waals surface area contributed by atoms with Gasteiger partial charge in [0.15, 0.2) is 0 Å². The van der Waals surface area contributed by atoms with E-state index in [1.165, 1.54) is 0 Å². The molecule has 0 bridgehead atoms. The second-order valence-electron chi connectivity index (χ2n) is 9.92. The zero-order valence-corrected chi connectivity index (χ0v) is 20.8. The third kappa shape index (κ3) is 7.08. The van der Waals surface area contributed by atoms with Crippen molar-refractivity contribution in [2.45, 2.75) is 52.5 Å².